The first-order valence-electron chi connectivity index (χ1n) is 10.1. The lowest BCUT2D eigenvalue weighted by Gasteiger charge is -2.34. The van der Waals surface area contributed by atoms with Gasteiger partial charge < -0.3 is 19.7 Å². The maximum Gasteiger partial charge on any atom is 0.311 e. The number of piperazine rings is 1. The summed E-state index contributed by atoms with van der Waals surface area (Å²) in [5, 5.41) is 2.79. The van der Waals surface area contributed by atoms with E-state index in [2.05, 4.69) is 22.3 Å². The number of nitrogens with zero attached hydrogens (tertiary/aromatic N) is 2. The molecule has 0 aromatic heterocycles. The maximum atomic E-state index is 12.6. The monoisotopic (exact) mass is 411 g/mol. The van der Waals surface area contributed by atoms with Crippen molar-refractivity contribution in [1.82, 2.24) is 15.1 Å². The molecule has 160 valence electrons. The second-order valence-electron chi connectivity index (χ2n) is 7.36. The van der Waals surface area contributed by atoms with Crippen LogP contribution in [0.15, 0.2) is 48.5 Å². The lowest BCUT2D eigenvalue weighted by molar-refractivity contribution is -0.147. The molecule has 1 N–H and O–H groups in total. The standard InChI is InChI=1S/C23H29N3O4/c1-17(19-9-10-20(29-2)21(15-19)30-3)24-22(27)23(28)26-13-11-25(12-14-26)16-18-7-5-4-6-8-18/h4-10,15,17H,11-14,16H2,1-3H3,(H,24,27). The van der Waals surface area contributed by atoms with Crippen LogP contribution in [0.25, 0.3) is 0 Å². The average Bonchev–Trinajstić information content (AvgIpc) is 2.79. The van der Waals surface area contributed by atoms with Gasteiger partial charge in [-0.05, 0) is 30.2 Å². The van der Waals surface area contributed by atoms with Crippen molar-refractivity contribution in [2.75, 3.05) is 40.4 Å². The number of ether oxygens (including phenoxy) is 2. The molecule has 7 nitrogen and oxygen atoms in total. The largest absolute Gasteiger partial charge is 0.493 e. The zero-order chi connectivity index (χ0) is 21.5. The van der Waals surface area contributed by atoms with Crippen LogP contribution >= 0.6 is 0 Å². The first kappa shape index (κ1) is 21.6. The summed E-state index contributed by atoms with van der Waals surface area (Å²) >= 11 is 0. The Morgan fingerprint density at radius 2 is 1.63 bits per heavy atom. The Hall–Kier alpha value is -3.06. The van der Waals surface area contributed by atoms with Crippen molar-refractivity contribution in [2.45, 2.75) is 19.5 Å². The van der Waals surface area contributed by atoms with Crippen LogP contribution < -0.4 is 14.8 Å². The lowest BCUT2D eigenvalue weighted by atomic mass is 10.1. The van der Waals surface area contributed by atoms with Crippen molar-refractivity contribution in [1.29, 1.82) is 0 Å². The molecule has 0 aliphatic carbocycles. The summed E-state index contributed by atoms with van der Waals surface area (Å²) in [6.07, 6.45) is 0. The molecule has 2 aromatic carbocycles. The summed E-state index contributed by atoms with van der Waals surface area (Å²) in [5.41, 5.74) is 2.08. The quantitative estimate of drug-likeness (QED) is 0.738. The summed E-state index contributed by atoms with van der Waals surface area (Å²) in [6, 6.07) is 15.3. The third-order valence-corrected chi connectivity index (χ3v) is 5.36. The zero-order valence-electron chi connectivity index (χ0n) is 17.8. The van der Waals surface area contributed by atoms with Crippen LogP contribution in [0.2, 0.25) is 0 Å². The number of carbonyl (C=O) groups is 2. The molecule has 1 aliphatic heterocycles. The molecule has 3 rings (SSSR count). The molecule has 0 radical (unpaired) electrons. The summed E-state index contributed by atoms with van der Waals surface area (Å²) in [6.45, 7) is 5.28. The van der Waals surface area contributed by atoms with Crippen molar-refractivity contribution in [3.8, 4) is 11.5 Å². The van der Waals surface area contributed by atoms with E-state index in [1.807, 2.05) is 31.2 Å². The molecule has 30 heavy (non-hydrogen) atoms. The fraction of sp³-hybridized carbons (Fsp3) is 0.391. The molecule has 1 saturated heterocycles. The average molecular weight is 412 g/mol. The highest BCUT2D eigenvalue weighted by molar-refractivity contribution is 6.35. The minimum atomic E-state index is -0.589. The number of hydrogen-bond donors (Lipinski definition) is 1. The predicted octanol–water partition coefficient (Wildman–Crippen LogP) is 2.23. The Kier molecular flexibility index (Phi) is 7.30. The Morgan fingerprint density at radius 3 is 2.27 bits per heavy atom. The van der Waals surface area contributed by atoms with E-state index in [0.717, 1.165) is 25.2 Å². The van der Waals surface area contributed by atoms with Gasteiger partial charge in [0.2, 0.25) is 0 Å². The maximum absolute atomic E-state index is 12.6. The summed E-state index contributed by atoms with van der Waals surface area (Å²) in [4.78, 5) is 29.0. The fourth-order valence-electron chi connectivity index (χ4n) is 3.56. The minimum absolute atomic E-state index is 0.333. The lowest BCUT2D eigenvalue weighted by Crippen LogP contribution is -2.52. The first-order valence-corrected chi connectivity index (χ1v) is 10.1. The summed E-state index contributed by atoms with van der Waals surface area (Å²) < 4.78 is 10.5. The number of benzene rings is 2. The third-order valence-electron chi connectivity index (χ3n) is 5.36. The normalized spacial score (nSPS) is 15.4. The number of carbonyl (C=O) groups excluding carboxylic acids is 2. The van der Waals surface area contributed by atoms with Gasteiger partial charge in [0.15, 0.2) is 11.5 Å². The van der Waals surface area contributed by atoms with E-state index in [9.17, 15) is 9.59 Å². The SMILES string of the molecule is COc1ccc(C(C)NC(=O)C(=O)N2CCN(Cc3ccccc3)CC2)cc1OC. The van der Waals surface area contributed by atoms with E-state index in [4.69, 9.17) is 9.47 Å². The molecule has 0 saturated carbocycles. The molecule has 0 spiro atoms. The first-order chi connectivity index (χ1) is 14.5. The molecule has 7 heteroatoms. The van der Waals surface area contributed by atoms with E-state index in [-0.39, 0.29) is 6.04 Å². The highest BCUT2D eigenvalue weighted by Crippen LogP contribution is 2.29. The number of rotatable bonds is 6. The van der Waals surface area contributed by atoms with Gasteiger partial charge in [-0.15, -0.1) is 0 Å². The highest BCUT2D eigenvalue weighted by Gasteiger charge is 2.27. The van der Waals surface area contributed by atoms with E-state index in [1.54, 1.807) is 31.3 Å². The van der Waals surface area contributed by atoms with E-state index in [1.165, 1.54) is 5.56 Å². The Morgan fingerprint density at radius 1 is 0.967 bits per heavy atom. The van der Waals surface area contributed by atoms with Gasteiger partial charge in [0.25, 0.3) is 0 Å². The van der Waals surface area contributed by atoms with E-state index in [0.29, 0.717) is 24.6 Å². The third kappa shape index (κ3) is 5.30. The van der Waals surface area contributed by atoms with Crippen LogP contribution in [-0.4, -0.2) is 62.0 Å². The smallest absolute Gasteiger partial charge is 0.311 e. The van der Waals surface area contributed by atoms with Crippen LogP contribution in [0.4, 0.5) is 0 Å². The zero-order valence-corrected chi connectivity index (χ0v) is 17.8. The van der Waals surface area contributed by atoms with Crippen molar-refractivity contribution in [3.05, 3.63) is 59.7 Å². The topological polar surface area (TPSA) is 71.1 Å². The van der Waals surface area contributed by atoms with Gasteiger partial charge >= 0.3 is 11.8 Å². The van der Waals surface area contributed by atoms with Gasteiger partial charge in [-0.25, -0.2) is 0 Å². The number of methoxy groups -OCH3 is 2. The molecular weight excluding hydrogens is 382 g/mol. The van der Waals surface area contributed by atoms with Gasteiger partial charge in [0.1, 0.15) is 0 Å². The van der Waals surface area contributed by atoms with Crippen LogP contribution in [0, 0.1) is 0 Å². The molecule has 1 fully saturated rings. The molecule has 1 aliphatic rings. The van der Waals surface area contributed by atoms with E-state index < -0.39 is 11.8 Å². The Labute approximate surface area is 177 Å². The van der Waals surface area contributed by atoms with Crippen molar-refractivity contribution < 1.29 is 19.1 Å². The van der Waals surface area contributed by atoms with Gasteiger partial charge in [0.05, 0.1) is 20.3 Å². The second-order valence-corrected chi connectivity index (χ2v) is 7.36. The van der Waals surface area contributed by atoms with Crippen LogP contribution in [-0.2, 0) is 16.1 Å². The summed E-state index contributed by atoms with van der Waals surface area (Å²) in [5.74, 6) is 0.122. The molecule has 2 aromatic rings. The van der Waals surface area contributed by atoms with Crippen molar-refractivity contribution >= 4 is 11.8 Å². The molecule has 1 heterocycles. The summed E-state index contributed by atoms with van der Waals surface area (Å²) in [7, 11) is 3.13. The minimum Gasteiger partial charge on any atom is -0.493 e. The van der Waals surface area contributed by atoms with E-state index >= 15 is 0 Å². The molecule has 2 amide bonds. The number of nitrogens with one attached hydrogen (secondary N) is 1. The molecule has 0 bridgehead atoms. The molecule has 1 atom stereocenters. The second kappa shape index (κ2) is 10.1. The van der Waals surface area contributed by atoms with Gasteiger partial charge in [-0.1, -0.05) is 36.4 Å². The van der Waals surface area contributed by atoms with Crippen LogP contribution in [0.5, 0.6) is 11.5 Å². The number of hydrogen-bond acceptors (Lipinski definition) is 5. The number of amides is 2. The Balaban J connectivity index is 1.52. The van der Waals surface area contributed by atoms with Crippen LogP contribution in [0.3, 0.4) is 0 Å². The van der Waals surface area contributed by atoms with Gasteiger partial charge in [-0.2, -0.15) is 0 Å². The van der Waals surface area contributed by atoms with Crippen LogP contribution in [0.1, 0.15) is 24.1 Å². The molecular formula is C23H29N3O4. The van der Waals surface area contributed by atoms with Gasteiger partial charge in [0, 0.05) is 32.7 Å². The Bertz CT molecular complexity index is 864. The highest BCUT2D eigenvalue weighted by atomic mass is 16.5. The van der Waals surface area contributed by atoms with Gasteiger partial charge in [-0.3, -0.25) is 14.5 Å². The fourth-order valence-corrected chi connectivity index (χ4v) is 3.56. The molecule has 1 unspecified atom stereocenters. The van der Waals surface area contributed by atoms with Crippen molar-refractivity contribution in [2.24, 2.45) is 0 Å². The predicted molar refractivity (Wildman–Crippen MR) is 114 cm³/mol. The van der Waals surface area contributed by atoms with Crippen molar-refractivity contribution in [3.63, 3.8) is 0 Å².